The molecule has 25 heavy (non-hydrogen) atoms. The molecular formula is C18H17ClFN3O2. The van der Waals surface area contributed by atoms with Crippen molar-refractivity contribution in [3.63, 3.8) is 0 Å². The number of halogens is 2. The molecule has 1 aliphatic rings. The third kappa shape index (κ3) is 4.48. The van der Waals surface area contributed by atoms with Gasteiger partial charge in [0.1, 0.15) is 5.82 Å². The summed E-state index contributed by atoms with van der Waals surface area (Å²) in [5, 5.41) is 5.99. The van der Waals surface area contributed by atoms with Crippen molar-refractivity contribution in [1.82, 2.24) is 5.32 Å². The first kappa shape index (κ1) is 17.2. The van der Waals surface area contributed by atoms with Gasteiger partial charge in [-0.15, -0.1) is 0 Å². The number of hydrogen-bond acceptors (Lipinski definition) is 2. The average molecular weight is 362 g/mol. The molecule has 0 saturated carbocycles. The van der Waals surface area contributed by atoms with Crippen LogP contribution in [0, 0.1) is 11.7 Å². The number of amides is 3. The molecule has 1 atom stereocenters. The van der Waals surface area contributed by atoms with Crippen molar-refractivity contribution in [3.05, 3.63) is 59.4 Å². The quantitative estimate of drug-likeness (QED) is 0.873. The minimum Gasteiger partial charge on any atom is -0.338 e. The molecule has 0 spiro atoms. The molecule has 0 aliphatic carbocycles. The van der Waals surface area contributed by atoms with Crippen LogP contribution in [-0.2, 0) is 4.79 Å². The van der Waals surface area contributed by atoms with E-state index in [2.05, 4.69) is 10.6 Å². The first-order chi connectivity index (χ1) is 12.0. The number of rotatable bonds is 4. The second-order valence-electron chi connectivity index (χ2n) is 5.90. The lowest BCUT2D eigenvalue weighted by Gasteiger charge is -2.17. The molecule has 1 saturated heterocycles. The zero-order valence-electron chi connectivity index (χ0n) is 13.3. The van der Waals surface area contributed by atoms with Crippen LogP contribution in [0.15, 0.2) is 48.5 Å². The molecule has 0 bridgehead atoms. The Hall–Kier alpha value is -2.60. The molecule has 3 amide bonds. The summed E-state index contributed by atoms with van der Waals surface area (Å²) in [6.07, 6.45) is 0.342. The maximum Gasteiger partial charge on any atom is 0.319 e. The van der Waals surface area contributed by atoms with Crippen LogP contribution < -0.4 is 15.5 Å². The smallest absolute Gasteiger partial charge is 0.319 e. The fourth-order valence-electron chi connectivity index (χ4n) is 2.77. The Balaban J connectivity index is 1.51. The fourth-order valence-corrected chi connectivity index (χ4v) is 2.96. The van der Waals surface area contributed by atoms with E-state index in [4.69, 9.17) is 11.6 Å². The van der Waals surface area contributed by atoms with E-state index in [0.717, 1.165) is 0 Å². The van der Waals surface area contributed by atoms with E-state index in [-0.39, 0.29) is 23.7 Å². The lowest BCUT2D eigenvalue weighted by Crippen LogP contribution is -2.34. The number of nitrogens with one attached hydrogen (secondary N) is 2. The van der Waals surface area contributed by atoms with Gasteiger partial charge in [-0.05, 0) is 42.5 Å². The average Bonchev–Trinajstić information content (AvgIpc) is 2.95. The predicted molar refractivity (Wildman–Crippen MR) is 95.3 cm³/mol. The number of urea groups is 1. The Morgan fingerprint density at radius 2 is 2.00 bits per heavy atom. The maximum atomic E-state index is 13.0. The van der Waals surface area contributed by atoms with E-state index in [1.54, 1.807) is 41.3 Å². The van der Waals surface area contributed by atoms with Crippen molar-refractivity contribution >= 4 is 34.9 Å². The lowest BCUT2D eigenvalue weighted by molar-refractivity contribution is -0.117. The zero-order valence-corrected chi connectivity index (χ0v) is 14.1. The van der Waals surface area contributed by atoms with E-state index in [9.17, 15) is 14.0 Å². The largest absolute Gasteiger partial charge is 0.338 e. The van der Waals surface area contributed by atoms with Gasteiger partial charge in [-0.1, -0.05) is 17.7 Å². The molecule has 5 nitrogen and oxygen atoms in total. The van der Waals surface area contributed by atoms with Gasteiger partial charge in [0.05, 0.1) is 0 Å². The zero-order chi connectivity index (χ0) is 17.8. The molecule has 3 rings (SSSR count). The Morgan fingerprint density at radius 3 is 2.72 bits per heavy atom. The van der Waals surface area contributed by atoms with Gasteiger partial charge in [0.15, 0.2) is 0 Å². The normalized spacial score (nSPS) is 16.8. The van der Waals surface area contributed by atoms with E-state index in [1.807, 2.05) is 0 Å². The third-order valence-corrected chi connectivity index (χ3v) is 4.21. The SMILES string of the molecule is O=C(NC[C@H]1CC(=O)N(c2ccc(F)cc2)C1)Nc1cccc(Cl)c1. The highest BCUT2D eigenvalue weighted by Gasteiger charge is 2.30. The molecule has 1 heterocycles. The number of nitrogens with zero attached hydrogens (tertiary/aromatic N) is 1. The minimum atomic E-state index is -0.352. The second-order valence-corrected chi connectivity index (χ2v) is 6.33. The summed E-state index contributed by atoms with van der Waals surface area (Å²) in [5.41, 5.74) is 1.26. The van der Waals surface area contributed by atoms with Crippen molar-refractivity contribution in [2.45, 2.75) is 6.42 Å². The van der Waals surface area contributed by atoms with Crippen molar-refractivity contribution in [2.24, 2.45) is 5.92 Å². The number of benzene rings is 2. The summed E-state index contributed by atoms with van der Waals surface area (Å²) in [5.74, 6) is -0.373. The van der Waals surface area contributed by atoms with Gasteiger partial charge in [-0.2, -0.15) is 0 Å². The van der Waals surface area contributed by atoms with Crippen LogP contribution in [0.4, 0.5) is 20.6 Å². The monoisotopic (exact) mass is 361 g/mol. The standard InChI is InChI=1S/C18H17ClFN3O2/c19-13-2-1-3-15(9-13)22-18(25)21-10-12-8-17(24)23(11-12)16-6-4-14(20)5-7-16/h1-7,9,12H,8,10-11H2,(H2,21,22,25)/t12-/m1/s1. The molecule has 0 radical (unpaired) electrons. The van der Waals surface area contributed by atoms with E-state index in [1.165, 1.54) is 12.1 Å². The van der Waals surface area contributed by atoms with Crippen molar-refractivity contribution in [1.29, 1.82) is 0 Å². The molecule has 130 valence electrons. The van der Waals surface area contributed by atoms with Gasteiger partial charge < -0.3 is 15.5 Å². The molecule has 2 aromatic rings. The van der Waals surface area contributed by atoms with Crippen molar-refractivity contribution in [2.75, 3.05) is 23.3 Å². The number of carbonyl (C=O) groups is 2. The molecule has 7 heteroatoms. The summed E-state index contributed by atoms with van der Waals surface area (Å²) in [7, 11) is 0. The van der Waals surface area contributed by atoms with E-state index in [0.29, 0.717) is 35.9 Å². The van der Waals surface area contributed by atoms with Crippen LogP contribution in [0.25, 0.3) is 0 Å². The van der Waals surface area contributed by atoms with Crippen LogP contribution in [0.2, 0.25) is 5.02 Å². The highest BCUT2D eigenvalue weighted by molar-refractivity contribution is 6.30. The topological polar surface area (TPSA) is 61.4 Å². The molecule has 2 aromatic carbocycles. The van der Waals surface area contributed by atoms with Crippen LogP contribution in [0.5, 0.6) is 0 Å². The van der Waals surface area contributed by atoms with Gasteiger partial charge in [-0.25, -0.2) is 9.18 Å². The molecule has 0 unspecified atom stereocenters. The molecular weight excluding hydrogens is 345 g/mol. The summed E-state index contributed by atoms with van der Waals surface area (Å²) in [4.78, 5) is 25.7. The van der Waals surface area contributed by atoms with Crippen LogP contribution in [0.3, 0.4) is 0 Å². The molecule has 1 aliphatic heterocycles. The summed E-state index contributed by atoms with van der Waals surface area (Å²) in [6.45, 7) is 0.859. The van der Waals surface area contributed by atoms with Gasteiger partial charge in [0.25, 0.3) is 0 Å². The maximum absolute atomic E-state index is 13.0. The van der Waals surface area contributed by atoms with Crippen LogP contribution in [0.1, 0.15) is 6.42 Å². The fraction of sp³-hybridized carbons (Fsp3) is 0.222. The Morgan fingerprint density at radius 1 is 1.24 bits per heavy atom. The molecule has 2 N–H and O–H groups in total. The Labute approximate surface area is 149 Å². The number of hydrogen-bond donors (Lipinski definition) is 2. The molecule has 1 fully saturated rings. The van der Waals surface area contributed by atoms with Gasteiger partial charge in [0, 0.05) is 41.8 Å². The van der Waals surface area contributed by atoms with Gasteiger partial charge in [0.2, 0.25) is 5.91 Å². The van der Waals surface area contributed by atoms with Crippen molar-refractivity contribution in [3.8, 4) is 0 Å². The third-order valence-electron chi connectivity index (χ3n) is 3.98. The first-order valence-corrected chi connectivity index (χ1v) is 8.25. The van der Waals surface area contributed by atoms with Crippen LogP contribution in [-0.4, -0.2) is 25.0 Å². The Kier molecular flexibility index (Phi) is 5.19. The predicted octanol–water partition coefficient (Wildman–Crippen LogP) is 3.65. The molecule has 0 aromatic heterocycles. The number of anilines is 2. The van der Waals surface area contributed by atoms with Gasteiger partial charge in [-0.3, -0.25) is 4.79 Å². The minimum absolute atomic E-state index is 0.00247. The number of carbonyl (C=O) groups excluding carboxylic acids is 2. The van der Waals surface area contributed by atoms with E-state index >= 15 is 0 Å². The first-order valence-electron chi connectivity index (χ1n) is 7.87. The van der Waals surface area contributed by atoms with E-state index < -0.39 is 0 Å². The van der Waals surface area contributed by atoms with Crippen molar-refractivity contribution < 1.29 is 14.0 Å². The van der Waals surface area contributed by atoms with Crippen LogP contribution >= 0.6 is 11.6 Å². The highest BCUT2D eigenvalue weighted by Crippen LogP contribution is 2.25. The van der Waals surface area contributed by atoms with Gasteiger partial charge >= 0.3 is 6.03 Å². The summed E-state index contributed by atoms with van der Waals surface area (Å²) < 4.78 is 13.0. The highest BCUT2D eigenvalue weighted by atomic mass is 35.5. The lowest BCUT2D eigenvalue weighted by atomic mass is 10.1. The Bertz CT molecular complexity index is 782. The summed E-state index contributed by atoms with van der Waals surface area (Å²) in [6, 6.07) is 12.3. The summed E-state index contributed by atoms with van der Waals surface area (Å²) >= 11 is 5.87. The second kappa shape index (κ2) is 7.53.